The van der Waals surface area contributed by atoms with Gasteiger partial charge in [-0.1, -0.05) is 54.6 Å². The molecule has 1 unspecified atom stereocenters. The minimum atomic E-state index is -0.240. The molecule has 0 saturated carbocycles. The molecule has 0 spiro atoms. The fraction of sp³-hybridized carbons (Fsp3) is 0.0909. The van der Waals surface area contributed by atoms with Gasteiger partial charge in [0.1, 0.15) is 0 Å². The number of nitrogens with zero attached hydrogens (tertiary/aromatic N) is 1. The zero-order valence-corrected chi connectivity index (χ0v) is 14.4. The Bertz CT molecular complexity index is 1050. The van der Waals surface area contributed by atoms with E-state index in [0.717, 1.165) is 27.7 Å². The highest BCUT2D eigenvalue weighted by atomic mass is 16.1. The summed E-state index contributed by atoms with van der Waals surface area (Å²) >= 11 is 0. The normalized spacial score (nSPS) is 12.0. The first kappa shape index (κ1) is 16.1. The largest absolute Gasteiger partial charge is 0.345 e. The summed E-state index contributed by atoms with van der Waals surface area (Å²) in [6.45, 7) is 1.95. The summed E-state index contributed by atoms with van der Waals surface area (Å²) in [5.74, 6) is -0.0818. The molecule has 0 radical (unpaired) electrons. The summed E-state index contributed by atoms with van der Waals surface area (Å²) in [7, 11) is 0. The van der Waals surface area contributed by atoms with Crippen molar-refractivity contribution in [2.75, 3.05) is 0 Å². The standard InChI is InChI=1S/C22H19N3O/c1-15-7-5-6-10-18(15)22(26)25-21(16-8-3-2-4-9-16)17-11-12-19-20(13-17)24-14-23-19/h2-14,21H,1H3,(H,23,24)(H,25,26). The van der Waals surface area contributed by atoms with E-state index in [0.29, 0.717) is 5.56 Å². The van der Waals surface area contributed by atoms with Gasteiger partial charge in [0.25, 0.3) is 5.91 Å². The lowest BCUT2D eigenvalue weighted by atomic mass is 9.97. The number of hydrogen-bond acceptors (Lipinski definition) is 2. The molecule has 3 aromatic carbocycles. The zero-order chi connectivity index (χ0) is 17.9. The second-order valence-electron chi connectivity index (χ2n) is 6.31. The molecule has 26 heavy (non-hydrogen) atoms. The summed E-state index contributed by atoms with van der Waals surface area (Å²) in [6, 6.07) is 23.4. The van der Waals surface area contributed by atoms with E-state index in [1.165, 1.54) is 0 Å². The molecule has 0 saturated heterocycles. The van der Waals surface area contributed by atoms with Crippen LogP contribution < -0.4 is 5.32 Å². The van der Waals surface area contributed by atoms with Crippen LogP contribution in [0.3, 0.4) is 0 Å². The molecule has 128 valence electrons. The quantitative estimate of drug-likeness (QED) is 0.578. The van der Waals surface area contributed by atoms with Crippen molar-refractivity contribution in [2.24, 2.45) is 0 Å². The fourth-order valence-corrected chi connectivity index (χ4v) is 3.17. The number of aromatic nitrogens is 2. The van der Waals surface area contributed by atoms with Crippen molar-refractivity contribution in [3.8, 4) is 0 Å². The molecule has 1 atom stereocenters. The van der Waals surface area contributed by atoms with E-state index in [-0.39, 0.29) is 11.9 Å². The first-order valence-corrected chi connectivity index (χ1v) is 8.57. The molecule has 0 aliphatic heterocycles. The number of rotatable bonds is 4. The monoisotopic (exact) mass is 341 g/mol. The molecule has 1 heterocycles. The topological polar surface area (TPSA) is 57.8 Å². The minimum absolute atomic E-state index is 0.0818. The van der Waals surface area contributed by atoms with Crippen LogP contribution in [-0.4, -0.2) is 15.9 Å². The van der Waals surface area contributed by atoms with Crippen LogP contribution in [0.2, 0.25) is 0 Å². The summed E-state index contributed by atoms with van der Waals surface area (Å²) in [5.41, 5.74) is 5.56. The van der Waals surface area contributed by atoms with Gasteiger partial charge in [0.2, 0.25) is 0 Å². The van der Waals surface area contributed by atoms with E-state index in [2.05, 4.69) is 15.3 Å². The van der Waals surface area contributed by atoms with Gasteiger partial charge in [0.05, 0.1) is 23.4 Å². The van der Waals surface area contributed by atoms with E-state index in [1.807, 2.05) is 79.7 Å². The van der Waals surface area contributed by atoms with Gasteiger partial charge in [-0.2, -0.15) is 0 Å². The predicted octanol–water partition coefficient (Wildman–Crippen LogP) is 4.39. The summed E-state index contributed by atoms with van der Waals surface area (Å²) in [5, 5.41) is 3.19. The molecule has 0 bridgehead atoms. The highest BCUT2D eigenvalue weighted by Crippen LogP contribution is 2.25. The number of nitrogens with one attached hydrogen (secondary N) is 2. The number of fused-ring (bicyclic) bond motifs is 1. The number of aryl methyl sites for hydroxylation is 1. The van der Waals surface area contributed by atoms with Gasteiger partial charge in [-0.3, -0.25) is 4.79 Å². The third-order valence-corrected chi connectivity index (χ3v) is 4.58. The Hall–Kier alpha value is -3.40. The second kappa shape index (κ2) is 6.84. The van der Waals surface area contributed by atoms with E-state index < -0.39 is 0 Å². The third-order valence-electron chi connectivity index (χ3n) is 4.58. The molecule has 1 amide bonds. The zero-order valence-electron chi connectivity index (χ0n) is 14.4. The van der Waals surface area contributed by atoms with Crippen molar-refractivity contribution in [3.63, 3.8) is 0 Å². The number of imidazole rings is 1. The Morgan fingerprint density at radius 1 is 0.962 bits per heavy atom. The smallest absolute Gasteiger partial charge is 0.252 e. The van der Waals surface area contributed by atoms with Gasteiger partial charge < -0.3 is 10.3 Å². The van der Waals surface area contributed by atoms with E-state index in [1.54, 1.807) is 6.33 Å². The van der Waals surface area contributed by atoms with Gasteiger partial charge in [-0.25, -0.2) is 4.98 Å². The van der Waals surface area contributed by atoms with Crippen molar-refractivity contribution in [1.82, 2.24) is 15.3 Å². The maximum atomic E-state index is 12.9. The average Bonchev–Trinajstić information content (AvgIpc) is 3.15. The molecule has 4 rings (SSSR count). The molecule has 0 aliphatic carbocycles. The Morgan fingerprint density at radius 3 is 2.54 bits per heavy atom. The molecular weight excluding hydrogens is 322 g/mol. The first-order valence-electron chi connectivity index (χ1n) is 8.57. The lowest BCUT2D eigenvalue weighted by molar-refractivity contribution is 0.0942. The number of aromatic amines is 1. The minimum Gasteiger partial charge on any atom is -0.345 e. The highest BCUT2D eigenvalue weighted by Gasteiger charge is 2.19. The van der Waals surface area contributed by atoms with Crippen LogP contribution in [0.4, 0.5) is 0 Å². The maximum Gasteiger partial charge on any atom is 0.252 e. The molecule has 0 fully saturated rings. The maximum absolute atomic E-state index is 12.9. The van der Waals surface area contributed by atoms with Gasteiger partial charge in [-0.05, 0) is 41.8 Å². The third kappa shape index (κ3) is 3.09. The Morgan fingerprint density at radius 2 is 1.73 bits per heavy atom. The molecule has 2 N–H and O–H groups in total. The number of hydrogen-bond donors (Lipinski definition) is 2. The van der Waals surface area contributed by atoms with Crippen molar-refractivity contribution in [1.29, 1.82) is 0 Å². The molecule has 4 heteroatoms. The fourth-order valence-electron chi connectivity index (χ4n) is 3.17. The van der Waals surface area contributed by atoms with Crippen LogP contribution in [0.15, 0.2) is 79.1 Å². The predicted molar refractivity (Wildman–Crippen MR) is 103 cm³/mol. The summed E-state index contributed by atoms with van der Waals surface area (Å²) in [4.78, 5) is 20.3. The molecule has 1 aromatic heterocycles. The van der Waals surface area contributed by atoms with E-state index in [4.69, 9.17) is 0 Å². The Kier molecular flexibility index (Phi) is 4.23. The molecule has 4 aromatic rings. The Labute approximate surface area is 151 Å². The van der Waals surface area contributed by atoms with Gasteiger partial charge in [0.15, 0.2) is 0 Å². The average molecular weight is 341 g/mol. The summed E-state index contributed by atoms with van der Waals surface area (Å²) < 4.78 is 0. The van der Waals surface area contributed by atoms with Crippen LogP contribution in [0.5, 0.6) is 0 Å². The number of H-pyrrole nitrogens is 1. The van der Waals surface area contributed by atoms with Crippen molar-refractivity contribution in [2.45, 2.75) is 13.0 Å². The van der Waals surface area contributed by atoms with Gasteiger partial charge >= 0.3 is 0 Å². The first-order chi connectivity index (χ1) is 12.7. The van der Waals surface area contributed by atoms with Crippen LogP contribution in [0.25, 0.3) is 11.0 Å². The molecule has 0 aliphatic rings. The van der Waals surface area contributed by atoms with Crippen LogP contribution in [-0.2, 0) is 0 Å². The van der Waals surface area contributed by atoms with Crippen LogP contribution in [0.1, 0.15) is 33.1 Å². The molecular formula is C22H19N3O. The van der Waals surface area contributed by atoms with Crippen LogP contribution in [0, 0.1) is 6.92 Å². The second-order valence-corrected chi connectivity index (χ2v) is 6.31. The molecule has 4 nitrogen and oxygen atoms in total. The number of benzene rings is 3. The van der Waals surface area contributed by atoms with Gasteiger partial charge in [0, 0.05) is 5.56 Å². The lowest BCUT2D eigenvalue weighted by Crippen LogP contribution is -2.29. The SMILES string of the molecule is Cc1ccccc1C(=O)NC(c1ccccc1)c1ccc2nc[nH]c2c1. The van der Waals surface area contributed by atoms with E-state index >= 15 is 0 Å². The van der Waals surface area contributed by atoms with Gasteiger partial charge in [-0.15, -0.1) is 0 Å². The van der Waals surface area contributed by atoms with Crippen molar-refractivity contribution in [3.05, 3.63) is 101 Å². The number of carbonyl (C=O) groups excluding carboxylic acids is 1. The van der Waals surface area contributed by atoms with Crippen molar-refractivity contribution >= 4 is 16.9 Å². The number of carbonyl (C=O) groups is 1. The van der Waals surface area contributed by atoms with E-state index in [9.17, 15) is 4.79 Å². The highest BCUT2D eigenvalue weighted by molar-refractivity contribution is 5.96. The van der Waals surface area contributed by atoms with Crippen LogP contribution >= 0.6 is 0 Å². The lowest BCUT2D eigenvalue weighted by Gasteiger charge is -2.20. The Balaban J connectivity index is 1.74. The summed E-state index contributed by atoms with van der Waals surface area (Å²) in [6.07, 6.45) is 1.68. The van der Waals surface area contributed by atoms with Crippen molar-refractivity contribution < 1.29 is 4.79 Å². The number of amides is 1.